The molecular weight excluding hydrogens is 340 g/mol. The van der Waals surface area contributed by atoms with Crippen LogP contribution in [0.25, 0.3) is 0 Å². The Kier molecular flexibility index (Phi) is 6.17. The Labute approximate surface area is 148 Å². The van der Waals surface area contributed by atoms with Crippen LogP contribution < -0.4 is 14.8 Å². The molecule has 0 saturated heterocycles. The molecule has 2 N–H and O–H groups in total. The van der Waals surface area contributed by atoms with Gasteiger partial charge in [0.1, 0.15) is 16.7 Å². The first-order valence-corrected chi connectivity index (χ1v) is 9.28. The van der Waals surface area contributed by atoms with Crippen LogP contribution in [0.5, 0.6) is 5.75 Å². The second kappa shape index (κ2) is 8.13. The maximum atomic E-state index is 12.8. The molecule has 1 amide bonds. The van der Waals surface area contributed by atoms with Gasteiger partial charge in [0.15, 0.2) is 0 Å². The van der Waals surface area contributed by atoms with Gasteiger partial charge in [-0.3, -0.25) is 4.79 Å². The highest BCUT2D eigenvalue weighted by atomic mass is 32.2. The van der Waals surface area contributed by atoms with E-state index < -0.39 is 22.0 Å². The number of aryl methyl sites for hydroxylation is 1. The summed E-state index contributed by atoms with van der Waals surface area (Å²) in [6.45, 7) is 1.79. The van der Waals surface area contributed by atoms with Crippen LogP contribution in [0.1, 0.15) is 11.1 Å². The molecule has 0 heterocycles. The van der Waals surface area contributed by atoms with E-state index >= 15 is 0 Å². The molecule has 2 aromatic rings. The van der Waals surface area contributed by atoms with Crippen molar-refractivity contribution in [1.29, 1.82) is 0 Å². The number of amides is 1. The molecule has 2 rings (SSSR count). The first kappa shape index (κ1) is 19.0. The summed E-state index contributed by atoms with van der Waals surface area (Å²) in [5.41, 5.74) is 1.63. The molecule has 0 bridgehead atoms. The van der Waals surface area contributed by atoms with Crippen LogP contribution in [0.3, 0.4) is 0 Å². The van der Waals surface area contributed by atoms with E-state index in [-0.39, 0.29) is 17.1 Å². The van der Waals surface area contributed by atoms with Crippen molar-refractivity contribution in [1.82, 2.24) is 10.0 Å². The summed E-state index contributed by atoms with van der Waals surface area (Å²) in [5, 5.41) is 2.50. The zero-order valence-electron chi connectivity index (χ0n) is 14.4. The van der Waals surface area contributed by atoms with Gasteiger partial charge in [0, 0.05) is 7.05 Å². The number of hydrogen-bond acceptors (Lipinski definition) is 4. The van der Waals surface area contributed by atoms with Crippen molar-refractivity contribution in [3.63, 3.8) is 0 Å². The van der Waals surface area contributed by atoms with Gasteiger partial charge in [0.05, 0.1) is 7.11 Å². The van der Waals surface area contributed by atoms with E-state index in [1.165, 1.54) is 20.2 Å². The smallest absolute Gasteiger partial charge is 0.244 e. The second-order valence-corrected chi connectivity index (χ2v) is 7.31. The number of rotatable bonds is 7. The van der Waals surface area contributed by atoms with E-state index in [0.717, 1.165) is 11.1 Å². The van der Waals surface area contributed by atoms with E-state index in [1.54, 1.807) is 19.1 Å². The molecule has 7 heteroatoms. The summed E-state index contributed by atoms with van der Waals surface area (Å²) in [5.74, 6) is -0.174. The predicted octanol–water partition coefficient (Wildman–Crippen LogP) is 1.64. The minimum atomic E-state index is -3.94. The van der Waals surface area contributed by atoms with Crippen LogP contribution in [0.4, 0.5) is 0 Å². The lowest BCUT2D eigenvalue weighted by molar-refractivity contribution is -0.122. The molecule has 0 aliphatic carbocycles. The fourth-order valence-electron chi connectivity index (χ4n) is 2.46. The van der Waals surface area contributed by atoms with E-state index in [9.17, 15) is 13.2 Å². The van der Waals surface area contributed by atoms with Gasteiger partial charge in [0.25, 0.3) is 0 Å². The number of methoxy groups -OCH3 is 1. The molecule has 0 aromatic heterocycles. The number of carbonyl (C=O) groups is 1. The van der Waals surface area contributed by atoms with Gasteiger partial charge in [-0.2, -0.15) is 4.72 Å². The highest BCUT2D eigenvalue weighted by molar-refractivity contribution is 7.89. The third-order valence-electron chi connectivity index (χ3n) is 3.75. The monoisotopic (exact) mass is 362 g/mol. The van der Waals surface area contributed by atoms with Gasteiger partial charge in [0.2, 0.25) is 15.9 Å². The van der Waals surface area contributed by atoms with Crippen molar-refractivity contribution in [2.24, 2.45) is 0 Å². The Morgan fingerprint density at radius 1 is 1.16 bits per heavy atom. The summed E-state index contributed by atoms with van der Waals surface area (Å²) in [6.07, 6.45) is 0.244. The average Bonchev–Trinajstić information content (AvgIpc) is 2.61. The van der Waals surface area contributed by atoms with Crippen LogP contribution in [0.2, 0.25) is 0 Å². The van der Waals surface area contributed by atoms with Crippen molar-refractivity contribution in [2.45, 2.75) is 24.3 Å². The first-order chi connectivity index (χ1) is 11.9. The predicted molar refractivity (Wildman–Crippen MR) is 96.1 cm³/mol. The second-order valence-electron chi connectivity index (χ2n) is 5.63. The Hall–Kier alpha value is -2.38. The number of ether oxygens (including phenoxy) is 1. The summed E-state index contributed by atoms with van der Waals surface area (Å²) >= 11 is 0. The van der Waals surface area contributed by atoms with Crippen molar-refractivity contribution in [3.8, 4) is 5.75 Å². The van der Waals surface area contributed by atoms with Crippen LogP contribution in [-0.2, 0) is 21.2 Å². The molecule has 25 heavy (non-hydrogen) atoms. The van der Waals surface area contributed by atoms with Gasteiger partial charge >= 0.3 is 0 Å². The first-order valence-electron chi connectivity index (χ1n) is 7.80. The lowest BCUT2D eigenvalue weighted by Gasteiger charge is -2.19. The fourth-order valence-corrected chi connectivity index (χ4v) is 3.91. The number of likely N-dealkylation sites (N-methyl/N-ethyl adjacent to an activating group) is 1. The quantitative estimate of drug-likeness (QED) is 0.784. The van der Waals surface area contributed by atoms with Gasteiger partial charge in [-0.1, -0.05) is 36.4 Å². The number of sulfonamides is 1. The zero-order chi connectivity index (χ0) is 18.4. The molecule has 6 nitrogen and oxygen atoms in total. The van der Waals surface area contributed by atoms with Crippen LogP contribution >= 0.6 is 0 Å². The highest BCUT2D eigenvalue weighted by Gasteiger charge is 2.27. The van der Waals surface area contributed by atoms with E-state index in [0.29, 0.717) is 0 Å². The summed E-state index contributed by atoms with van der Waals surface area (Å²) in [4.78, 5) is 12.2. The van der Waals surface area contributed by atoms with Crippen molar-refractivity contribution >= 4 is 15.9 Å². The number of hydrogen-bond donors (Lipinski definition) is 2. The molecule has 134 valence electrons. The molecule has 0 fully saturated rings. The van der Waals surface area contributed by atoms with Gasteiger partial charge in [-0.25, -0.2) is 8.42 Å². The minimum absolute atomic E-state index is 0.0111. The molecule has 1 atom stereocenters. The van der Waals surface area contributed by atoms with Crippen LogP contribution in [0, 0.1) is 6.92 Å². The molecule has 0 radical (unpaired) electrons. The number of carbonyl (C=O) groups excluding carboxylic acids is 1. The minimum Gasteiger partial charge on any atom is -0.495 e. The lowest BCUT2D eigenvalue weighted by Crippen LogP contribution is -2.47. The third kappa shape index (κ3) is 4.80. The zero-order valence-corrected chi connectivity index (χ0v) is 15.3. The SMILES string of the molecule is CNC(=O)C(Cc1ccccc1)NS(=O)(=O)c1cc(C)ccc1OC. The Balaban J connectivity index is 2.34. The van der Waals surface area contributed by atoms with E-state index in [2.05, 4.69) is 10.0 Å². The summed E-state index contributed by atoms with van der Waals surface area (Å²) in [6, 6.07) is 13.2. The molecule has 1 unspecified atom stereocenters. The van der Waals surface area contributed by atoms with Gasteiger partial charge < -0.3 is 10.1 Å². The molecular formula is C18H22N2O4S. The largest absolute Gasteiger partial charge is 0.495 e. The van der Waals surface area contributed by atoms with E-state index in [1.807, 2.05) is 30.3 Å². The standard InChI is InChI=1S/C18H22N2O4S/c1-13-9-10-16(24-3)17(11-13)25(22,23)20-15(18(21)19-2)12-14-7-5-4-6-8-14/h4-11,15,20H,12H2,1-3H3,(H,19,21). The Morgan fingerprint density at radius 3 is 2.44 bits per heavy atom. The topological polar surface area (TPSA) is 84.5 Å². The number of benzene rings is 2. The van der Waals surface area contributed by atoms with Crippen LogP contribution in [0.15, 0.2) is 53.4 Å². The van der Waals surface area contributed by atoms with Crippen molar-refractivity contribution in [2.75, 3.05) is 14.2 Å². The van der Waals surface area contributed by atoms with Crippen molar-refractivity contribution in [3.05, 3.63) is 59.7 Å². The third-order valence-corrected chi connectivity index (χ3v) is 5.24. The Morgan fingerprint density at radius 2 is 1.84 bits per heavy atom. The average molecular weight is 362 g/mol. The normalized spacial score (nSPS) is 12.4. The van der Waals surface area contributed by atoms with E-state index in [4.69, 9.17) is 4.74 Å². The molecule has 2 aromatic carbocycles. The maximum Gasteiger partial charge on any atom is 0.244 e. The summed E-state index contributed by atoms with van der Waals surface area (Å²) in [7, 11) is -1.06. The fraction of sp³-hybridized carbons (Fsp3) is 0.278. The molecule has 0 saturated carbocycles. The Bertz CT molecular complexity index is 835. The van der Waals surface area contributed by atoms with Crippen LogP contribution in [-0.4, -0.2) is 34.5 Å². The molecule has 0 spiro atoms. The molecule has 0 aliphatic rings. The molecule has 0 aliphatic heterocycles. The number of nitrogens with one attached hydrogen (secondary N) is 2. The maximum absolute atomic E-state index is 12.8. The van der Waals surface area contributed by atoms with Gasteiger partial charge in [-0.15, -0.1) is 0 Å². The van der Waals surface area contributed by atoms with Crippen molar-refractivity contribution < 1.29 is 17.9 Å². The highest BCUT2D eigenvalue weighted by Crippen LogP contribution is 2.25. The summed E-state index contributed by atoms with van der Waals surface area (Å²) < 4.78 is 33.3. The lowest BCUT2D eigenvalue weighted by atomic mass is 10.1. The van der Waals surface area contributed by atoms with Gasteiger partial charge in [-0.05, 0) is 36.6 Å².